The highest BCUT2D eigenvalue weighted by Gasteiger charge is 2.30. The highest BCUT2D eigenvalue weighted by molar-refractivity contribution is 5.99. The average molecular weight is 650 g/mol. The number of carbonyl (C=O) groups excluding carboxylic acids is 1. The molecule has 10 heteroatoms. The van der Waals surface area contributed by atoms with Crippen molar-refractivity contribution in [1.29, 1.82) is 0 Å². The van der Waals surface area contributed by atoms with Crippen LogP contribution >= 0.6 is 0 Å². The van der Waals surface area contributed by atoms with Gasteiger partial charge in [0, 0.05) is 69.5 Å². The summed E-state index contributed by atoms with van der Waals surface area (Å²) in [4.78, 5) is 22.7. The zero-order chi connectivity index (χ0) is 32.9. The van der Waals surface area contributed by atoms with Crippen molar-refractivity contribution in [2.75, 3.05) is 52.2 Å². The molecule has 3 N–H and O–H groups in total. The number of hydrogen-bond acceptors (Lipinski definition) is 8. The molecule has 0 unspecified atom stereocenters. The Labute approximate surface area is 283 Å². The van der Waals surface area contributed by atoms with E-state index in [-0.39, 0.29) is 23.9 Å². The van der Waals surface area contributed by atoms with E-state index in [0.29, 0.717) is 18.2 Å². The maximum atomic E-state index is 13.5. The van der Waals surface area contributed by atoms with E-state index in [0.717, 1.165) is 94.7 Å². The number of nitrogens with zero attached hydrogens (tertiary/aromatic N) is 5. The highest BCUT2D eigenvalue weighted by atomic mass is 16.5. The van der Waals surface area contributed by atoms with Gasteiger partial charge in [-0.1, -0.05) is 48.5 Å². The number of aromatic nitrogens is 3. The van der Waals surface area contributed by atoms with Gasteiger partial charge in [0.1, 0.15) is 5.82 Å². The van der Waals surface area contributed by atoms with Crippen LogP contribution in [-0.4, -0.2) is 89.1 Å². The summed E-state index contributed by atoms with van der Waals surface area (Å²) in [6, 6.07) is 19.6. The lowest BCUT2D eigenvalue weighted by Gasteiger charge is -2.32. The molecule has 0 radical (unpaired) electrons. The Kier molecular flexibility index (Phi) is 10.1. The van der Waals surface area contributed by atoms with Crippen molar-refractivity contribution in [3.8, 4) is 22.3 Å². The molecule has 2 aromatic carbocycles. The normalized spacial score (nSPS) is 21.0. The standard InChI is InChI=1S/C38H47N7O3/c1-43-15-17-44(18-16-43)24-27-5-9-29(10-6-27)30-11-7-28(8-12-30)26-48-36-4-2-3-35(36)42-38(46)34-21-31(22-40-37(34)39)32-23-41-45(25-32)33-13-19-47-20-14-33/h5-12,21-23,25,33,35-36H,2-4,13-20,24,26H2,1H3,(H2,39,40)(H,42,46)/t35-,36-/m0/s1. The third-order valence-electron chi connectivity index (χ3n) is 10.1. The molecule has 2 atom stereocenters. The van der Waals surface area contributed by atoms with Gasteiger partial charge in [0.15, 0.2) is 0 Å². The molecule has 3 aliphatic rings. The van der Waals surface area contributed by atoms with E-state index < -0.39 is 0 Å². The summed E-state index contributed by atoms with van der Waals surface area (Å²) in [5.74, 6) is -0.00799. The third kappa shape index (κ3) is 7.79. The molecular formula is C38H47N7O3. The van der Waals surface area contributed by atoms with Crippen molar-refractivity contribution < 1.29 is 14.3 Å². The lowest BCUT2D eigenvalue weighted by molar-refractivity contribution is 0.0272. The number of nitrogens with two attached hydrogens (primary N) is 1. The van der Waals surface area contributed by atoms with Crippen LogP contribution in [0.1, 0.15) is 59.6 Å². The van der Waals surface area contributed by atoms with Gasteiger partial charge in [-0.2, -0.15) is 5.10 Å². The number of carbonyl (C=O) groups is 1. The van der Waals surface area contributed by atoms with E-state index in [1.165, 1.54) is 16.7 Å². The third-order valence-corrected chi connectivity index (χ3v) is 10.1. The van der Waals surface area contributed by atoms with E-state index >= 15 is 0 Å². The van der Waals surface area contributed by atoms with E-state index in [1.54, 1.807) is 6.20 Å². The SMILES string of the molecule is CN1CCN(Cc2ccc(-c3ccc(CO[C@H]4CCC[C@@H]4NC(=O)c4cc(-c5cnn(C6CCOCC6)c5)cnc4N)cc3)cc2)CC1. The number of nitrogens with one attached hydrogen (secondary N) is 1. The van der Waals surface area contributed by atoms with Gasteiger partial charge in [0.2, 0.25) is 0 Å². The molecule has 0 spiro atoms. The van der Waals surface area contributed by atoms with E-state index in [4.69, 9.17) is 15.2 Å². The van der Waals surface area contributed by atoms with Crippen LogP contribution in [0.2, 0.25) is 0 Å². The van der Waals surface area contributed by atoms with Gasteiger partial charge < -0.3 is 25.4 Å². The van der Waals surface area contributed by atoms with Gasteiger partial charge in [-0.3, -0.25) is 14.4 Å². The van der Waals surface area contributed by atoms with Crippen molar-refractivity contribution in [2.24, 2.45) is 0 Å². The number of piperazine rings is 1. The van der Waals surface area contributed by atoms with E-state index in [1.807, 2.05) is 23.1 Å². The number of pyridine rings is 1. The summed E-state index contributed by atoms with van der Waals surface area (Å²) >= 11 is 0. The van der Waals surface area contributed by atoms with E-state index in [9.17, 15) is 4.79 Å². The zero-order valence-corrected chi connectivity index (χ0v) is 27.9. The number of benzene rings is 2. The summed E-state index contributed by atoms with van der Waals surface area (Å²) < 4.78 is 13.9. The molecule has 2 saturated heterocycles. The molecule has 0 bridgehead atoms. The number of hydrogen-bond donors (Lipinski definition) is 2. The predicted octanol–water partition coefficient (Wildman–Crippen LogP) is 5.16. The quantitative estimate of drug-likeness (QED) is 0.243. The van der Waals surface area contributed by atoms with Crippen LogP contribution < -0.4 is 11.1 Å². The zero-order valence-electron chi connectivity index (χ0n) is 27.9. The molecule has 1 saturated carbocycles. The van der Waals surface area contributed by atoms with E-state index in [2.05, 4.69) is 80.8 Å². The monoisotopic (exact) mass is 649 g/mol. The summed E-state index contributed by atoms with van der Waals surface area (Å²) in [7, 11) is 2.19. The number of rotatable bonds is 10. The van der Waals surface area contributed by atoms with Crippen molar-refractivity contribution >= 4 is 11.7 Å². The second-order valence-corrected chi connectivity index (χ2v) is 13.5. The summed E-state index contributed by atoms with van der Waals surface area (Å²) in [5.41, 5.74) is 13.2. The molecule has 2 aromatic heterocycles. The molecule has 1 amide bonds. The van der Waals surface area contributed by atoms with Crippen molar-refractivity contribution in [3.63, 3.8) is 0 Å². The molecule has 7 rings (SSSR count). The van der Waals surface area contributed by atoms with Gasteiger partial charge in [0.25, 0.3) is 5.91 Å². The van der Waals surface area contributed by atoms with Crippen LogP contribution in [0.15, 0.2) is 73.2 Å². The first kappa shape index (κ1) is 32.5. The summed E-state index contributed by atoms with van der Waals surface area (Å²) in [6.07, 6.45) is 10.1. The van der Waals surface area contributed by atoms with Crippen molar-refractivity contribution in [2.45, 2.75) is 63.4 Å². The van der Waals surface area contributed by atoms with Crippen LogP contribution in [0.3, 0.4) is 0 Å². The number of anilines is 1. The minimum Gasteiger partial charge on any atom is -0.383 e. The summed E-state index contributed by atoms with van der Waals surface area (Å²) in [6.45, 7) is 7.53. The second kappa shape index (κ2) is 15.0. The molecule has 48 heavy (non-hydrogen) atoms. The van der Waals surface area contributed by atoms with Crippen LogP contribution in [0.4, 0.5) is 5.82 Å². The van der Waals surface area contributed by atoms with Crippen LogP contribution in [0, 0.1) is 0 Å². The molecule has 2 aliphatic heterocycles. The van der Waals surface area contributed by atoms with Gasteiger partial charge in [-0.05, 0) is 67.5 Å². The predicted molar refractivity (Wildman–Crippen MR) is 187 cm³/mol. The largest absolute Gasteiger partial charge is 0.383 e. The van der Waals surface area contributed by atoms with Crippen LogP contribution in [0.25, 0.3) is 22.3 Å². The molecule has 3 fully saturated rings. The Morgan fingerprint density at radius 2 is 1.60 bits per heavy atom. The lowest BCUT2D eigenvalue weighted by atomic mass is 10.0. The Balaban J connectivity index is 0.923. The molecule has 10 nitrogen and oxygen atoms in total. The van der Waals surface area contributed by atoms with Crippen LogP contribution in [0.5, 0.6) is 0 Å². The molecule has 1 aliphatic carbocycles. The van der Waals surface area contributed by atoms with Crippen LogP contribution in [-0.2, 0) is 22.6 Å². The fourth-order valence-electron chi connectivity index (χ4n) is 7.05. The first-order valence-electron chi connectivity index (χ1n) is 17.4. The van der Waals surface area contributed by atoms with Gasteiger partial charge in [-0.15, -0.1) is 0 Å². The fraction of sp³-hybridized carbons (Fsp3) is 0.447. The Hall–Kier alpha value is -4.09. The van der Waals surface area contributed by atoms with Gasteiger partial charge in [-0.25, -0.2) is 4.98 Å². The number of amides is 1. The minimum absolute atomic E-state index is 0.0588. The maximum absolute atomic E-state index is 13.5. The second-order valence-electron chi connectivity index (χ2n) is 13.5. The number of nitrogen functional groups attached to an aromatic ring is 1. The molecule has 252 valence electrons. The molecule has 4 aromatic rings. The lowest BCUT2D eigenvalue weighted by Crippen LogP contribution is -2.43. The summed E-state index contributed by atoms with van der Waals surface area (Å²) in [5, 5.41) is 7.77. The van der Waals surface area contributed by atoms with Crippen molar-refractivity contribution in [1.82, 2.24) is 29.9 Å². The molecular weight excluding hydrogens is 602 g/mol. The highest BCUT2D eigenvalue weighted by Crippen LogP contribution is 2.28. The van der Waals surface area contributed by atoms with Gasteiger partial charge in [0.05, 0.1) is 36.6 Å². The first-order chi connectivity index (χ1) is 23.5. The minimum atomic E-state index is -0.224. The smallest absolute Gasteiger partial charge is 0.255 e. The first-order valence-corrected chi connectivity index (χ1v) is 17.4. The topological polar surface area (TPSA) is 111 Å². The Morgan fingerprint density at radius 1 is 0.896 bits per heavy atom. The maximum Gasteiger partial charge on any atom is 0.255 e. The number of likely N-dealkylation sites (N-methyl/N-ethyl adjacent to an activating group) is 1. The Bertz CT molecular complexity index is 1660. The molecule has 4 heterocycles. The number of ether oxygens (including phenoxy) is 2. The fourth-order valence-corrected chi connectivity index (χ4v) is 7.05. The average Bonchev–Trinajstić information content (AvgIpc) is 3.80. The van der Waals surface area contributed by atoms with Gasteiger partial charge >= 0.3 is 0 Å². The Morgan fingerprint density at radius 3 is 2.33 bits per heavy atom. The van der Waals surface area contributed by atoms with Crippen molar-refractivity contribution in [3.05, 3.63) is 89.9 Å².